The summed E-state index contributed by atoms with van der Waals surface area (Å²) in [6.45, 7) is 4.42. The van der Waals surface area contributed by atoms with E-state index >= 15 is 0 Å². The zero-order valence-corrected chi connectivity index (χ0v) is 10.7. The highest BCUT2D eigenvalue weighted by Gasteiger charge is 2.21. The van der Waals surface area contributed by atoms with Crippen molar-refractivity contribution in [2.75, 3.05) is 20.1 Å². The van der Waals surface area contributed by atoms with E-state index in [1.165, 1.54) is 18.5 Å². The number of hydrogen-bond donors (Lipinski definition) is 0. The summed E-state index contributed by atoms with van der Waals surface area (Å²) in [7, 11) is 2.18. The Morgan fingerprint density at radius 2 is 2.12 bits per heavy atom. The van der Waals surface area contributed by atoms with Gasteiger partial charge in [-0.15, -0.1) is 0 Å². The van der Waals surface area contributed by atoms with Crippen LogP contribution in [0, 0.1) is 11.3 Å². The molecule has 1 fully saturated rings. The molecule has 17 heavy (non-hydrogen) atoms. The van der Waals surface area contributed by atoms with Crippen molar-refractivity contribution in [3.63, 3.8) is 0 Å². The van der Waals surface area contributed by atoms with Crippen molar-refractivity contribution < 1.29 is 0 Å². The number of likely N-dealkylation sites (N-methyl/N-ethyl adjacent to an activating group) is 1. The first-order valence-corrected chi connectivity index (χ1v) is 6.42. The van der Waals surface area contributed by atoms with Gasteiger partial charge in [0.15, 0.2) is 0 Å². The summed E-state index contributed by atoms with van der Waals surface area (Å²) < 4.78 is 0. The molecule has 2 atom stereocenters. The van der Waals surface area contributed by atoms with E-state index in [2.05, 4.69) is 49.2 Å². The predicted octanol–water partition coefficient (Wildman–Crippen LogP) is 3.12. The van der Waals surface area contributed by atoms with E-state index in [-0.39, 0.29) is 5.92 Å². The second-order valence-electron chi connectivity index (χ2n) is 5.00. The quantitative estimate of drug-likeness (QED) is 0.794. The maximum Gasteiger partial charge on any atom is 0.0710 e. The second-order valence-corrected chi connectivity index (χ2v) is 5.00. The lowest BCUT2D eigenvalue weighted by atomic mass is 9.93. The van der Waals surface area contributed by atoms with E-state index in [4.69, 9.17) is 5.26 Å². The molecule has 0 spiro atoms. The van der Waals surface area contributed by atoms with Crippen LogP contribution in [0.15, 0.2) is 24.3 Å². The van der Waals surface area contributed by atoms with Gasteiger partial charge in [0.2, 0.25) is 0 Å². The van der Waals surface area contributed by atoms with Crippen molar-refractivity contribution in [2.24, 2.45) is 0 Å². The standard InChI is InChI=1S/C15H20N2/c1-3-12(10-16)13-4-6-14(7-5-13)15-8-9-17(2)11-15/h4-7,12,15H,3,8-9,11H2,1-2H3. The molecule has 0 saturated carbocycles. The molecule has 1 aromatic carbocycles. The Labute approximate surface area is 104 Å². The van der Waals surface area contributed by atoms with Crippen LogP contribution >= 0.6 is 0 Å². The van der Waals surface area contributed by atoms with Crippen LogP contribution in [0.1, 0.15) is 42.7 Å². The first kappa shape index (κ1) is 12.1. The van der Waals surface area contributed by atoms with Crippen LogP contribution in [-0.2, 0) is 0 Å². The highest BCUT2D eigenvalue weighted by molar-refractivity contribution is 5.31. The molecule has 1 heterocycles. The Bertz CT molecular complexity index is 402. The molecule has 1 saturated heterocycles. The van der Waals surface area contributed by atoms with Crippen molar-refractivity contribution in [1.82, 2.24) is 4.90 Å². The topological polar surface area (TPSA) is 27.0 Å². The van der Waals surface area contributed by atoms with Crippen LogP contribution < -0.4 is 0 Å². The Morgan fingerprint density at radius 3 is 2.59 bits per heavy atom. The molecular weight excluding hydrogens is 208 g/mol. The summed E-state index contributed by atoms with van der Waals surface area (Å²) in [6, 6.07) is 11.0. The number of nitrogens with zero attached hydrogens (tertiary/aromatic N) is 2. The van der Waals surface area contributed by atoms with Gasteiger partial charge in [-0.05, 0) is 43.5 Å². The average Bonchev–Trinajstić information content (AvgIpc) is 2.78. The molecule has 1 aliphatic rings. The molecule has 1 aromatic rings. The SMILES string of the molecule is CCC(C#N)c1ccc(C2CCN(C)C2)cc1. The zero-order valence-electron chi connectivity index (χ0n) is 10.7. The van der Waals surface area contributed by atoms with Gasteiger partial charge in [0, 0.05) is 6.54 Å². The van der Waals surface area contributed by atoms with Crippen LogP contribution in [-0.4, -0.2) is 25.0 Å². The first-order valence-electron chi connectivity index (χ1n) is 6.42. The molecular formula is C15H20N2. The number of likely N-dealkylation sites (tertiary alicyclic amines) is 1. The second kappa shape index (κ2) is 5.33. The summed E-state index contributed by atoms with van der Waals surface area (Å²) in [5.74, 6) is 0.728. The molecule has 0 aromatic heterocycles. The molecule has 2 nitrogen and oxygen atoms in total. The monoisotopic (exact) mass is 228 g/mol. The molecule has 0 radical (unpaired) electrons. The minimum absolute atomic E-state index is 0.0512. The van der Waals surface area contributed by atoms with E-state index in [0.717, 1.165) is 18.5 Å². The van der Waals surface area contributed by atoms with Gasteiger partial charge in [0.1, 0.15) is 0 Å². The highest BCUT2D eigenvalue weighted by Crippen LogP contribution is 2.28. The number of nitriles is 1. The fourth-order valence-electron chi connectivity index (χ4n) is 2.61. The van der Waals surface area contributed by atoms with Crippen molar-refractivity contribution in [3.05, 3.63) is 35.4 Å². The molecule has 0 aliphatic carbocycles. The normalized spacial score (nSPS) is 22.3. The zero-order chi connectivity index (χ0) is 12.3. The maximum atomic E-state index is 9.04. The molecule has 0 amide bonds. The number of hydrogen-bond acceptors (Lipinski definition) is 2. The summed E-state index contributed by atoms with van der Waals surface area (Å²) in [5.41, 5.74) is 2.58. The van der Waals surface area contributed by atoms with Gasteiger partial charge in [0.25, 0.3) is 0 Å². The molecule has 2 heteroatoms. The third-order valence-corrected chi connectivity index (χ3v) is 3.77. The van der Waals surface area contributed by atoms with Crippen molar-refractivity contribution in [2.45, 2.75) is 31.6 Å². The molecule has 1 aliphatic heterocycles. The summed E-state index contributed by atoms with van der Waals surface area (Å²) in [6.07, 6.45) is 2.15. The highest BCUT2D eigenvalue weighted by atomic mass is 15.1. The Morgan fingerprint density at radius 1 is 1.41 bits per heavy atom. The average molecular weight is 228 g/mol. The van der Waals surface area contributed by atoms with Crippen LogP contribution in [0.25, 0.3) is 0 Å². The van der Waals surface area contributed by atoms with Crippen molar-refractivity contribution in [1.29, 1.82) is 5.26 Å². The first-order chi connectivity index (χ1) is 8.24. The van der Waals surface area contributed by atoms with Gasteiger partial charge in [-0.3, -0.25) is 0 Å². The summed E-state index contributed by atoms with van der Waals surface area (Å²) in [4.78, 5) is 2.38. The Balaban J connectivity index is 2.11. The largest absolute Gasteiger partial charge is 0.306 e. The van der Waals surface area contributed by atoms with Gasteiger partial charge < -0.3 is 4.90 Å². The van der Waals surface area contributed by atoms with Gasteiger partial charge in [-0.25, -0.2) is 0 Å². The Hall–Kier alpha value is -1.33. The van der Waals surface area contributed by atoms with Gasteiger partial charge in [-0.1, -0.05) is 31.2 Å². The van der Waals surface area contributed by atoms with E-state index in [1.807, 2.05) is 0 Å². The molecule has 90 valence electrons. The van der Waals surface area contributed by atoms with Gasteiger partial charge >= 0.3 is 0 Å². The van der Waals surface area contributed by atoms with Crippen molar-refractivity contribution in [3.8, 4) is 6.07 Å². The van der Waals surface area contributed by atoms with E-state index in [0.29, 0.717) is 5.92 Å². The molecule has 2 unspecified atom stereocenters. The third kappa shape index (κ3) is 2.68. The van der Waals surface area contributed by atoms with Crippen LogP contribution in [0.3, 0.4) is 0 Å². The van der Waals surface area contributed by atoms with Gasteiger partial charge in [-0.2, -0.15) is 5.26 Å². The molecule has 2 rings (SSSR count). The van der Waals surface area contributed by atoms with E-state index in [9.17, 15) is 0 Å². The fraction of sp³-hybridized carbons (Fsp3) is 0.533. The maximum absolute atomic E-state index is 9.04. The lowest BCUT2D eigenvalue weighted by molar-refractivity contribution is 0.411. The molecule has 0 N–H and O–H groups in total. The predicted molar refractivity (Wildman–Crippen MR) is 69.9 cm³/mol. The number of benzene rings is 1. The minimum Gasteiger partial charge on any atom is -0.306 e. The van der Waals surface area contributed by atoms with Crippen LogP contribution in [0.5, 0.6) is 0 Å². The molecule has 0 bridgehead atoms. The lowest BCUT2D eigenvalue weighted by Crippen LogP contribution is -2.13. The van der Waals surface area contributed by atoms with E-state index in [1.54, 1.807) is 0 Å². The van der Waals surface area contributed by atoms with Crippen LogP contribution in [0.2, 0.25) is 0 Å². The van der Waals surface area contributed by atoms with Gasteiger partial charge in [0.05, 0.1) is 12.0 Å². The minimum atomic E-state index is 0.0512. The third-order valence-electron chi connectivity index (χ3n) is 3.77. The number of rotatable bonds is 3. The van der Waals surface area contributed by atoms with Crippen molar-refractivity contribution >= 4 is 0 Å². The Kier molecular flexibility index (Phi) is 3.81. The summed E-state index contributed by atoms with van der Waals surface area (Å²) in [5, 5.41) is 9.04. The van der Waals surface area contributed by atoms with E-state index < -0.39 is 0 Å². The smallest absolute Gasteiger partial charge is 0.0710 e. The summed E-state index contributed by atoms with van der Waals surface area (Å²) >= 11 is 0. The lowest BCUT2D eigenvalue weighted by Gasteiger charge is -2.12. The van der Waals surface area contributed by atoms with Crippen LogP contribution in [0.4, 0.5) is 0 Å². The fourth-order valence-corrected chi connectivity index (χ4v) is 2.61.